The molecule has 1 aromatic rings. The Hall–Kier alpha value is -0.590. The van der Waals surface area contributed by atoms with Crippen molar-refractivity contribution in [3.05, 3.63) is 12.5 Å². The summed E-state index contributed by atoms with van der Waals surface area (Å²) < 4.78 is 28.5. The highest BCUT2D eigenvalue weighted by Crippen LogP contribution is 2.27. The molecule has 1 heterocycles. The predicted molar refractivity (Wildman–Crippen MR) is 74.7 cm³/mol. The van der Waals surface area contributed by atoms with E-state index in [1.165, 1.54) is 6.33 Å². The third kappa shape index (κ3) is 3.94. The Morgan fingerprint density at radius 3 is 2.68 bits per heavy atom. The van der Waals surface area contributed by atoms with Gasteiger partial charge >= 0.3 is 0 Å². The van der Waals surface area contributed by atoms with Crippen molar-refractivity contribution in [1.29, 1.82) is 0 Å². The number of aryl methyl sites for hydroxylation is 1. The number of imidazole rings is 1. The minimum absolute atomic E-state index is 0.0976. The van der Waals surface area contributed by atoms with Crippen molar-refractivity contribution in [2.75, 3.05) is 6.54 Å². The Kier molecular flexibility index (Phi) is 4.86. The molecule has 0 amide bonds. The molecule has 0 atom stereocenters. The third-order valence-electron chi connectivity index (χ3n) is 3.59. The Morgan fingerprint density at radius 1 is 1.42 bits per heavy atom. The second-order valence-corrected chi connectivity index (χ2v) is 7.34. The summed E-state index contributed by atoms with van der Waals surface area (Å²) in [6.07, 6.45) is 7.00. The highest BCUT2D eigenvalue weighted by atomic mass is 35.5. The fourth-order valence-electron chi connectivity index (χ4n) is 2.28. The van der Waals surface area contributed by atoms with E-state index in [1.807, 2.05) is 6.92 Å². The van der Waals surface area contributed by atoms with E-state index in [2.05, 4.69) is 9.71 Å². The van der Waals surface area contributed by atoms with Crippen molar-refractivity contribution >= 4 is 21.6 Å². The van der Waals surface area contributed by atoms with E-state index in [9.17, 15) is 8.42 Å². The van der Waals surface area contributed by atoms with E-state index in [-0.39, 0.29) is 10.4 Å². The maximum Gasteiger partial charge on any atom is 0.259 e. The molecule has 1 aliphatic carbocycles. The molecule has 0 radical (unpaired) electrons. The molecule has 1 saturated carbocycles. The molecule has 1 aromatic heterocycles. The van der Waals surface area contributed by atoms with Gasteiger partial charge in [0.1, 0.15) is 0 Å². The number of aromatic nitrogens is 2. The number of halogens is 1. The summed E-state index contributed by atoms with van der Waals surface area (Å²) in [5, 5.41) is 0.355. The van der Waals surface area contributed by atoms with Crippen molar-refractivity contribution in [2.45, 2.75) is 49.6 Å². The first-order valence-corrected chi connectivity index (χ1v) is 8.58. The van der Waals surface area contributed by atoms with Gasteiger partial charge in [-0.25, -0.2) is 18.1 Å². The minimum Gasteiger partial charge on any atom is -0.336 e. The maximum absolute atomic E-state index is 12.1. The topological polar surface area (TPSA) is 64.0 Å². The van der Waals surface area contributed by atoms with Crippen LogP contribution in [0.2, 0.25) is 0 Å². The Bertz CT molecular complexity index is 507. The molecular weight excluding hydrogens is 286 g/mol. The summed E-state index contributed by atoms with van der Waals surface area (Å²) >= 11 is 6.04. The SMILES string of the molecule is CCn1cnc(S(=O)(=O)NCC2CCC(Cl)CC2)c1. The lowest BCUT2D eigenvalue weighted by Gasteiger charge is -2.24. The second kappa shape index (κ2) is 6.24. The number of rotatable bonds is 5. The number of nitrogens with zero attached hydrogens (tertiary/aromatic N) is 2. The zero-order valence-corrected chi connectivity index (χ0v) is 12.6. The highest BCUT2D eigenvalue weighted by Gasteiger charge is 2.23. The average molecular weight is 306 g/mol. The molecule has 0 saturated heterocycles. The Balaban J connectivity index is 1.90. The summed E-state index contributed by atoms with van der Waals surface area (Å²) in [5.41, 5.74) is 0. The molecule has 5 nitrogen and oxygen atoms in total. The quantitative estimate of drug-likeness (QED) is 0.846. The van der Waals surface area contributed by atoms with Crippen molar-refractivity contribution in [2.24, 2.45) is 5.92 Å². The van der Waals surface area contributed by atoms with E-state index < -0.39 is 10.0 Å². The molecule has 0 spiro atoms. The largest absolute Gasteiger partial charge is 0.336 e. The normalized spacial score (nSPS) is 24.5. The zero-order valence-electron chi connectivity index (χ0n) is 11.0. The molecule has 0 aliphatic heterocycles. The molecule has 0 bridgehead atoms. The van der Waals surface area contributed by atoms with Gasteiger partial charge in [-0.2, -0.15) is 0 Å². The van der Waals surface area contributed by atoms with Crippen LogP contribution in [-0.4, -0.2) is 29.9 Å². The van der Waals surface area contributed by atoms with E-state index in [1.54, 1.807) is 10.8 Å². The standard InChI is InChI=1S/C12H20ClN3O2S/c1-2-16-8-12(14-9-16)19(17,18)15-7-10-3-5-11(13)6-4-10/h8-11,15H,2-7H2,1H3. The molecule has 108 valence electrons. The molecule has 2 rings (SSSR count). The van der Waals surface area contributed by atoms with E-state index in [0.29, 0.717) is 19.0 Å². The Morgan fingerprint density at radius 2 is 2.11 bits per heavy atom. The van der Waals surface area contributed by atoms with Gasteiger partial charge in [0.2, 0.25) is 0 Å². The fraction of sp³-hybridized carbons (Fsp3) is 0.750. The molecule has 7 heteroatoms. The van der Waals surface area contributed by atoms with Crippen LogP contribution in [0.25, 0.3) is 0 Å². The van der Waals surface area contributed by atoms with Gasteiger partial charge in [0, 0.05) is 24.7 Å². The molecule has 0 aromatic carbocycles. The first-order valence-electron chi connectivity index (χ1n) is 6.66. The van der Waals surface area contributed by atoms with Gasteiger partial charge in [-0.05, 0) is 38.5 Å². The number of hydrogen-bond donors (Lipinski definition) is 1. The minimum atomic E-state index is -3.48. The lowest BCUT2D eigenvalue weighted by atomic mass is 9.89. The van der Waals surface area contributed by atoms with E-state index in [0.717, 1.165) is 25.7 Å². The molecule has 1 N–H and O–H groups in total. The van der Waals surface area contributed by atoms with Crippen LogP contribution in [0.1, 0.15) is 32.6 Å². The van der Waals surface area contributed by atoms with Gasteiger partial charge in [-0.1, -0.05) is 0 Å². The molecule has 1 aliphatic rings. The second-order valence-electron chi connectivity index (χ2n) is 5.01. The van der Waals surface area contributed by atoms with Gasteiger partial charge in [0.15, 0.2) is 5.03 Å². The van der Waals surface area contributed by atoms with Crippen LogP contribution in [0.3, 0.4) is 0 Å². The number of nitrogens with one attached hydrogen (secondary N) is 1. The predicted octanol–water partition coefficient (Wildman–Crippen LogP) is 1.98. The van der Waals surface area contributed by atoms with Crippen LogP contribution in [-0.2, 0) is 16.6 Å². The van der Waals surface area contributed by atoms with E-state index in [4.69, 9.17) is 11.6 Å². The van der Waals surface area contributed by atoms with Crippen molar-refractivity contribution in [1.82, 2.24) is 14.3 Å². The van der Waals surface area contributed by atoms with Gasteiger partial charge in [-0.15, -0.1) is 11.6 Å². The third-order valence-corrected chi connectivity index (χ3v) is 5.33. The summed E-state index contributed by atoms with van der Waals surface area (Å²) in [6.45, 7) is 3.13. The smallest absolute Gasteiger partial charge is 0.259 e. The summed E-state index contributed by atoms with van der Waals surface area (Å²) in [6, 6.07) is 0. The monoisotopic (exact) mass is 305 g/mol. The van der Waals surface area contributed by atoms with Gasteiger partial charge in [0.25, 0.3) is 10.0 Å². The zero-order chi connectivity index (χ0) is 13.9. The first kappa shape index (κ1) is 14.8. The van der Waals surface area contributed by atoms with Crippen LogP contribution in [0, 0.1) is 5.92 Å². The van der Waals surface area contributed by atoms with Crippen LogP contribution >= 0.6 is 11.6 Å². The van der Waals surface area contributed by atoms with Gasteiger partial charge in [0.05, 0.1) is 6.33 Å². The summed E-state index contributed by atoms with van der Waals surface area (Å²) in [4.78, 5) is 3.93. The van der Waals surface area contributed by atoms with Crippen LogP contribution < -0.4 is 4.72 Å². The lowest BCUT2D eigenvalue weighted by molar-refractivity contribution is 0.361. The first-order chi connectivity index (χ1) is 9.01. The van der Waals surface area contributed by atoms with Crippen molar-refractivity contribution < 1.29 is 8.42 Å². The van der Waals surface area contributed by atoms with Gasteiger partial charge in [-0.3, -0.25) is 0 Å². The molecule has 19 heavy (non-hydrogen) atoms. The van der Waals surface area contributed by atoms with E-state index >= 15 is 0 Å². The fourth-order valence-corrected chi connectivity index (χ4v) is 3.59. The molecule has 1 fully saturated rings. The summed E-state index contributed by atoms with van der Waals surface area (Å²) in [7, 11) is -3.48. The van der Waals surface area contributed by atoms with Crippen LogP contribution in [0.5, 0.6) is 0 Å². The average Bonchev–Trinajstić information content (AvgIpc) is 2.88. The van der Waals surface area contributed by atoms with Crippen molar-refractivity contribution in [3.63, 3.8) is 0 Å². The number of hydrogen-bond acceptors (Lipinski definition) is 3. The van der Waals surface area contributed by atoms with Crippen LogP contribution in [0.4, 0.5) is 0 Å². The lowest BCUT2D eigenvalue weighted by Crippen LogP contribution is -2.31. The molecular formula is C12H20ClN3O2S. The number of sulfonamides is 1. The maximum atomic E-state index is 12.1. The Labute approximate surface area is 119 Å². The highest BCUT2D eigenvalue weighted by molar-refractivity contribution is 7.89. The van der Waals surface area contributed by atoms with Crippen LogP contribution in [0.15, 0.2) is 17.6 Å². The number of alkyl halides is 1. The van der Waals surface area contributed by atoms with Gasteiger partial charge < -0.3 is 4.57 Å². The molecule has 0 unspecified atom stereocenters. The summed E-state index contributed by atoms with van der Waals surface area (Å²) in [5.74, 6) is 0.387. The van der Waals surface area contributed by atoms with Crippen molar-refractivity contribution in [3.8, 4) is 0 Å².